The van der Waals surface area contributed by atoms with Crippen LogP contribution in [0.3, 0.4) is 0 Å². The fourth-order valence-electron chi connectivity index (χ4n) is 3.75. The Morgan fingerprint density at radius 1 is 1.26 bits per heavy atom. The number of Topliss-reactive ketones (excluding diaryl/α,β-unsaturated/α-hetero) is 1. The number of ketones is 1. The Bertz CT molecular complexity index is 501. The van der Waals surface area contributed by atoms with E-state index in [1.54, 1.807) is 18.8 Å². The summed E-state index contributed by atoms with van der Waals surface area (Å²) in [7, 11) is -5.25. The summed E-state index contributed by atoms with van der Waals surface area (Å²) in [5.41, 5.74) is -0.949. The van der Waals surface area contributed by atoms with Gasteiger partial charge in [0.25, 0.3) is 10.1 Å². The van der Waals surface area contributed by atoms with Crippen molar-refractivity contribution in [1.29, 1.82) is 0 Å². The molecule has 0 heterocycles. The Labute approximate surface area is 117 Å². The zero-order chi connectivity index (χ0) is 14.7. The monoisotopic (exact) mass is 308 g/mol. The summed E-state index contributed by atoms with van der Waals surface area (Å²) in [6.07, 6.45) is 7.55. The molecule has 0 saturated heterocycles. The van der Waals surface area contributed by atoms with Crippen LogP contribution in [0, 0.1) is 16.7 Å². The van der Waals surface area contributed by atoms with Crippen molar-refractivity contribution in [3.05, 3.63) is 0 Å². The van der Waals surface area contributed by atoms with E-state index in [-0.39, 0.29) is 17.0 Å². The first kappa shape index (κ1) is 15.3. The predicted octanol–water partition coefficient (Wildman–Crippen LogP) is 2.34. The molecule has 6 heteroatoms. The summed E-state index contributed by atoms with van der Waals surface area (Å²) in [5.74, 6) is 0.300. The third-order valence-electron chi connectivity index (χ3n) is 4.87. The van der Waals surface area contributed by atoms with Gasteiger partial charge in [0.15, 0.2) is 0 Å². The van der Waals surface area contributed by atoms with Crippen molar-refractivity contribution in [2.24, 2.45) is 16.7 Å². The van der Waals surface area contributed by atoms with Gasteiger partial charge in [0.05, 0.1) is 11.2 Å². The van der Waals surface area contributed by atoms with Crippen molar-refractivity contribution < 1.29 is 16.8 Å². The van der Waals surface area contributed by atoms with Gasteiger partial charge in [-0.15, -0.1) is 10.3 Å². The number of hydrogen-bond donors (Lipinski definition) is 0. The van der Waals surface area contributed by atoms with Gasteiger partial charge in [0.1, 0.15) is 5.78 Å². The second kappa shape index (κ2) is 4.21. The minimum atomic E-state index is -3.65. The van der Waals surface area contributed by atoms with E-state index in [1.165, 1.54) is 0 Å². The molecule has 0 aliphatic heterocycles. The van der Waals surface area contributed by atoms with Gasteiger partial charge in [0, 0.05) is 6.42 Å². The first-order valence-electron chi connectivity index (χ1n) is 6.55. The van der Waals surface area contributed by atoms with Crippen LogP contribution in [0.5, 0.6) is 0 Å². The molecule has 0 amide bonds. The smallest absolute Gasteiger partial charge is 0.277 e. The summed E-state index contributed by atoms with van der Waals surface area (Å²) in [4.78, 5) is 12.3. The van der Waals surface area contributed by atoms with Gasteiger partial charge in [-0.3, -0.25) is 4.79 Å². The van der Waals surface area contributed by atoms with Gasteiger partial charge in [0.2, 0.25) is 0 Å². The summed E-state index contributed by atoms with van der Waals surface area (Å²) >= 11 is 0. The highest BCUT2D eigenvalue weighted by Gasteiger charge is 2.65. The molecule has 0 spiro atoms. The average Bonchev–Trinajstić information content (AvgIpc) is 2.46. The van der Waals surface area contributed by atoms with Gasteiger partial charge in [-0.25, -0.2) is 3.63 Å². The molecule has 2 aliphatic rings. The highest BCUT2D eigenvalue weighted by atomic mass is 32.3. The van der Waals surface area contributed by atoms with E-state index >= 15 is 0 Å². The molecule has 2 rings (SSSR count). The molecule has 0 radical (unpaired) electrons. The molecule has 0 aromatic carbocycles. The van der Waals surface area contributed by atoms with Crippen molar-refractivity contribution in [3.8, 4) is 0 Å². The standard InChI is InChI=1S/C13H24O4S2/c1-12(2)10-6-7-13(12,11(14)8-10)9-19(15,16)17-18(3,4)5/h10H,6-9H2,1-5H3. The molecule has 2 atom stereocenters. The predicted molar refractivity (Wildman–Crippen MR) is 78.8 cm³/mol. The minimum absolute atomic E-state index is 0.116. The normalized spacial score (nSPS) is 34.8. The van der Waals surface area contributed by atoms with E-state index in [1.807, 2.05) is 13.8 Å². The second-order valence-corrected chi connectivity index (χ2v) is 12.6. The van der Waals surface area contributed by atoms with Crippen LogP contribution in [0.15, 0.2) is 0 Å². The van der Waals surface area contributed by atoms with E-state index in [0.29, 0.717) is 18.8 Å². The third kappa shape index (κ3) is 2.47. The van der Waals surface area contributed by atoms with Crippen LogP contribution in [0.4, 0.5) is 0 Å². The van der Waals surface area contributed by atoms with Crippen molar-refractivity contribution in [1.82, 2.24) is 0 Å². The number of carbonyl (C=O) groups is 1. The maximum absolute atomic E-state index is 12.3. The van der Waals surface area contributed by atoms with E-state index in [0.717, 1.165) is 6.42 Å². The van der Waals surface area contributed by atoms with Crippen LogP contribution in [0.1, 0.15) is 33.1 Å². The molecule has 2 bridgehead atoms. The minimum Gasteiger partial charge on any atom is -0.299 e. The van der Waals surface area contributed by atoms with Gasteiger partial charge >= 0.3 is 0 Å². The van der Waals surface area contributed by atoms with Crippen molar-refractivity contribution in [2.45, 2.75) is 33.1 Å². The molecule has 2 unspecified atom stereocenters. The molecule has 2 aliphatic carbocycles. The first-order valence-corrected chi connectivity index (χ1v) is 10.9. The van der Waals surface area contributed by atoms with Gasteiger partial charge in [-0.05, 0) is 42.9 Å². The third-order valence-corrected chi connectivity index (χ3v) is 8.18. The van der Waals surface area contributed by atoms with Crippen LogP contribution in [-0.4, -0.2) is 38.7 Å². The Balaban J connectivity index is 2.30. The van der Waals surface area contributed by atoms with Crippen molar-refractivity contribution in [3.63, 3.8) is 0 Å². The maximum Gasteiger partial charge on any atom is 0.277 e. The lowest BCUT2D eigenvalue weighted by Crippen LogP contribution is -2.42. The highest BCUT2D eigenvalue weighted by Crippen LogP contribution is 2.64. The van der Waals surface area contributed by atoms with E-state index < -0.39 is 25.8 Å². The summed E-state index contributed by atoms with van der Waals surface area (Å²) in [5, 5.41) is 0. The largest absolute Gasteiger partial charge is 0.299 e. The van der Waals surface area contributed by atoms with Crippen LogP contribution in [0.25, 0.3) is 0 Å². The SMILES string of the molecule is CC1(C)C2CCC1(CS(=O)(=O)OS(C)(C)C)C(=O)C2. The molecule has 112 valence electrons. The second-order valence-electron chi connectivity index (χ2n) is 7.16. The zero-order valence-electron chi connectivity index (χ0n) is 12.4. The molecular weight excluding hydrogens is 284 g/mol. The van der Waals surface area contributed by atoms with Crippen LogP contribution >= 0.6 is 10.3 Å². The Hall–Kier alpha value is -0.0700. The van der Waals surface area contributed by atoms with Gasteiger partial charge < -0.3 is 0 Å². The van der Waals surface area contributed by atoms with E-state index in [4.69, 9.17) is 3.63 Å². The number of fused-ring (bicyclic) bond motifs is 2. The van der Waals surface area contributed by atoms with Crippen LogP contribution in [0.2, 0.25) is 0 Å². The van der Waals surface area contributed by atoms with E-state index in [2.05, 4.69) is 0 Å². The average molecular weight is 308 g/mol. The zero-order valence-corrected chi connectivity index (χ0v) is 14.0. The number of hydrogen-bond acceptors (Lipinski definition) is 4. The van der Waals surface area contributed by atoms with E-state index in [9.17, 15) is 13.2 Å². The molecule has 2 fully saturated rings. The molecule has 0 aromatic heterocycles. The molecule has 0 aromatic rings. The highest BCUT2D eigenvalue weighted by molar-refractivity contribution is 8.31. The lowest BCUT2D eigenvalue weighted by atomic mass is 9.70. The number of carbonyl (C=O) groups excluding carboxylic acids is 1. The summed E-state index contributed by atoms with van der Waals surface area (Å²) < 4.78 is 29.8. The molecule has 4 nitrogen and oxygen atoms in total. The maximum atomic E-state index is 12.3. The van der Waals surface area contributed by atoms with Crippen molar-refractivity contribution >= 4 is 26.2 Å². The molecule has 19 heavy (non-hydrogen) atoms. The Morgan fingerprint density at radius 3 is 2.21 bits per heavy atom. The first-order chi connectivity index (χ1) is 8.40. The summed E-state index contributed by atoms with van der Waals surface area (Å²) in [6, 6.07) is 0. The molecular formula is C13H24O4S2. The molecule has 2 saturated carbocycles. The lowest BCUT2D eigenvalue weighted by Gasteiger charge is -2.37. The summed E-state index contributed by atoms with van der Waals surface area (Å²) in [6.45, 7) is 4.07. The quantitative estimate of drug-likeness (QED) is 0.800. The van der Waals surface area contributed by atoms with Crippen molar-refractivity contribution in [2.75, 3.05) is 24.5 Å². The Morgan fingerprint density at radius 2 is 1.84 bits per heavy atom. The topological polar surface area (TPSA) is 60.4 Å². The Kier molecular flexibility index (Phi) is 3.40. The van der Waals surface area contributed by atoms with Crippen LogP contribution in [-0.2, 0) is 18.5 Å². The fraction of sp³-hybridized carbons (Fsp3) is 0.923. The molecule has 0 N–H and O–H groups in total. The van der Waals surface area contributed by atoms with Crippen LogP contribution < -0.4 is 0 Å². The van der Waals surface area contributed by atoms with Gasteiger partial charge in [-0.1, -0.05) is 13.8 Å². The lowest BCUT2D eigenvalue weighted by molar-refractivity contribution is -0.128. The van der Waals surface area contributed by atoms with Gasteiger partial charge in [-0.2, -0.15) is 8.42 Å². The number of rotatable bonds is 4. The fourth-order valence-corrected chi connectivity index (χ4v) is 7.71.